The molecule has 0 amide bonds. The molecule has 1 fully saturated rings. The topological polar surface area (TPSA) is 37.4 Å². The van der Waals surface area contributed by atoms with E-state index in [0.29, 0.717) is 5.92 Å². The number of piperidine rings is 1. The van der Waals surface area contributed by atoms with Crippen LogP contribution in [0.3, 0.4) is 0 Å². The lowest BCUT2D eigenvalue weighted by atomic mass is 9.76. The number of aromatic nitrogens is 1. The predicted octanol–water partition coefficient (Wildman–Crippen LogP) is 3.05. The molecule has 1 spiro atoms. The van der Waals surface area contributed by atoms with Gasteiger partial charge in [0, 0.05) is 52.5 Å². The normalized spacial score (nSPS) is 26.9. The van der Waals surface area contributed by atoms with Crippen molar-refractivity contribution in [1.82, 2.24) is 15.2 Å². The minimum Gasteiger partial charge on any atom is -0.468 e. The van der Waals surface area contributed by atoms with E-state index >= 15 is 0 Å². The van der Waals surface area contributed by atoms with Gasteiger partial charge in [0.1, 0.15) is 5.60 Å². The molecule has 1 unspecified atom stereocenters. The highest BCUT2D eigenvalue weighted by molar-refractivity contribution is 7.15. The Balaban J connectivity index is 1.44. The molecule has 4 aliphatic rings. The number of nitrogens with one attached hydrogen (secondary N) is 1. The molecule has 5 heteroatoms. The minimum atomic E-state index is -0.0896. The van der Waals surface area contributed by atoms with E-state index in [1.165, 1.54) is 27.3 Å². The fraction of sp³-hybridized carbons (Fsp3) is 0.421. The highest BCUT2D eigenvalue weighted by atomic mass is 32.1. The van der Waals surface area contributed by atoms with Crippen LogP contribution in [0.4, 0.5) is 0 Å². The predicted molar refractivity (Wildman–Crippen MR) is 96.2 cm³/mol. The van der Waals surface area contributed by atoms with Crippen LogP contribution in [-0.2, 0) is 13.0 Å². The van der Waals surface area contributed by atoms with E-state index in [1.54, 1.807) is 0 Å². The summed E-state index contributed by atoms with van der Waals surface area (Å²) in [6.45, 7) is 3.06. The van der Waals surface area contributed by atoms with Crippen LogP contribution in [0.25, 0.3) is 10.4 Å². The zero-order valence-electron chi connectivity index (χ0n) is 13.8. The first kappa shape index (κ1) is 14.5. The van der Waals surface area contributed by atoms with Crippen LogP contribution in [0.2, 0.25) is 0 Å². The molecule has 2 aromatic heterocycles. The summed E-state index contributed by atoms with van der Waals surface area (Å²) in [6, 6.07) is 6.68. The van der Waals surface area contributed by atoms with Gasteiger partial charge in [0.25, 0.3) is 0 Å². The second-order valence-electron chi connectivity index (χ2n) is 7.04. The van der Waals surface area contributed by atoms with E-state index in [4.69, 9.17) is 4.74 Å². The van der Waals surface area contributed by atoms with E-state index in [0.717, 1.165) is 31.9 Å². The van der Waals surface area contributed by atoms with Crippen molar-refractivity contribution in [3.63, 3.8) is 0 Å². The van der Waals surface area contributed by atoms with Crippen molar-refractivity contribution in [2.75, 3.05) is 20.1 Å². The number of nitrogens with zero attached hydrogens (tertiary/aromatic N) is 2. The summed E-state index contributed by atoms with van der Waals surface area (Å²) in [5, 5.41) is 3.21. The highest BCUT2D eigenvalue weighted by Gasteiger charge is 2.50. The number of rotatable bonds is 3. The van der Waals surface area contributed by atoms with Crippen molar-refractivity contribution in [1.29, 1.82) is 0 Å². The standard InChI is InChI=1S/C19H21N3OS/c1-20-11-16-2-3-17(24-16)14-8-13-9-19(23-18(13)21-10-14)12-22-6-4-15(19)5-7-22/h2-4,6,8,10,15,20H,5,7,9,11-12H2,1H3/t15?,19-/m0/s1. The Bertz CT molecular complexity index is 815. The van der Waals surface area contributed by atoms with Crippen LogP contribution in [0.15, 0.2) is 36.7 Å². The third kappa shape index (κ3) is 2.19. The fourth-order valence-electron chi connectivity index (χ4n) is 4.23. The Morgan fingerprint density at radius 3 is 3.17 bits per heavy atom. The summed E-state index contributed by atoms with van der Waals surface area (Å²) in [5.74, 6) is 1.36. The third-order valence-electron chi connectivity index (χ3n) is 5.42. The lowest BCUT2D eigenvalue weighted by Crippen LogP contribution is -2.57. The average molecular weight is 339 g/mol. The van der Waals surface area contributed by atoms with E-state index < -0.39 is 0 Å². The summed E-state index contributed by atoms with van der Waals surface area (Å²) >= 11 is 1.83. The molecule has 4 nitrogen and oxygen atoms in total. The molecular formula is C19H21N3OS. The molecule has 0 aliphatic carbocycles. The minimum absolute atomic E-state index is 0.0896. The number of thiophene rings is 1. The van der Waals surface area contributed by atoms with Crippen LogP contribution in [0, 0.1) is 5.92 Å². The average Bonchev–Trinajstić information content (AvgIpc) is 3.19. The lowest BCUT2D eigenvalue weighted by Gasteiger charge is -2.47. The SMILES string of the molecule is CNCc1ccc(-c2cnc3c(c2)C[C@@]2(CN4C=CC2CC4)O3)s1. The van der Waals surface area contributed by atoms with Crippen molar-refractivity contribution in [2.24, 2.45) is 5.92 Å². The Morgan fingerprint density at radius 2 is 2.42 bits per heavy atom. The summed E-state index contributed by atoms with van der Waals surface area (Å²) < 4.78 is 6.39. The van der Waals surface area contributed by atoms with Gasteiger partial charge in [0.05, 0.1) is 6.54 Å². The maximum atomic E-state index is 6.39. The van der Waals surface area contributed by atoms with Crippen molar-refractivity contribution in [3.05, 3.63) is 47.1 Å². The van der Waals surface area contributed by atoms with E-state index in [-0.39, 0.29) is 5.60 Å². The molecule has 1 N–H and O–H groups in total. The van der Waals surface area contributed by atoms with Gasteiger partial charge in [-0.15, -0.1) is 11.3 Å². The molecule has 0 radical (unpaired) electrons. The molecule has 4 aliphatic heterocycles. The van der Waals surface area contributed by atoms with Gasteiger partial charge in [0.15, 0.2) is 0 Å². The van der Waals surface area contributed by atoms with Crippen molar-refractivity contribution in [2.45, 2.75) is 25.0 Å². The van der Waals surface area contributed by atoms with Crippen LogP contribution in [0.1, 0.15) is 16.9 Å². The Labute approximate surface area is 146 Å². The number of hydrogen-bond donors (Lipinski definition) is 1. The summed E-state index contributed by atoms with van der Waals surface area (Å²) in [4.78, 5) is 9.67. The second kappa shape index (κ2) is 5.33. The number of pyridine rings is 1. The molecule has 2 atom stereocenters. The van der Waals surface area contributed by atoms with E-state index in [9.17, 15) is 0 Å². The zero-order valence-corrected chi connectivity index (χ0v) is 14.6. The molecule has 24 heavy (non-hydrogen) atoms. The Morgan fingerprint density at radius 1 is 1.46 bits per heavy atom. The summed E-state index contributed by atoms with van der Waals surface area (Å²) in [5.41, 5.74) is 2.38. The van der Waals surface area contributed by atoms with Crippen molar-refractivity contribution in [3.8, 4) is 16.3 Å². The molecule has 0 aromatic carbocycles. The first-order chi connectivity index (χ1) is 11.8. The first-order valence-corrected chi connectivity index (χ1v) is 9.41. The maximum Gasteiger partial charge on any atom is 0.217 e. The van der Waals surface area contributed by atoms with Gasteiger partial charge >= 0.3 is 0 Å². The number of fused-ring (bicyclic) bond motifs is 2. The second-order valence-corrected chi connectivity index (χ2v) is 8.20. The van der Waals surface area contributed by atoms with Crippen LogP contribution >= 0.6 is 11.3 Å². The van der Waals surface area contributed by atoms with E-state index in [2.05, 4.69) is 45.7 Å². The Hall–Kier alpha value is -1.85. The molecule has 2 bridgehead atoms. The first-order valence-electron chi connectivity index (χ1n) is 8.60. The van der Waals surface area contributed by atoms with Crippen molar-refractivity contribution < 1.29 is 4.74 Å². The lowest BCUT2D eigenvalue weighted by molar-refractivity contribution is -0.0228. The van der Waals surface area contributed by atoms with Gasteiger partial charge < -0.3 is 15.0 Å². The molecule has 2 aromatic rings. The van der Waals surface area contributed by atoms with Crippen LogP contribution in [-0.4, -0.2) is 35.6 Å². The summed E-state index contributed by atoms with van der Waals surface area (Å²) in [7, 11) is 1.98. The van der Waals surface area contributed by atoms with Gasteiger partial charge in [-0.25, -0.2) is 4.98 Å². The molecular weight excluding hydrogens is 318 g/mol. The molecule has 124 valence electrons. The number of hydrogen-bond acceptors (Lipinski definition) is 5. The van der Waals surface area contributed by atoms with Gasteiger partial charge in [-0.05, 0) is 37.9 Å². The number of ether oxygens (including phenoxy) is 1. The van der Waals surface area contributed by atoms with Gasteiger partial charge in [-0.2, -0.15) is 0 Å². The maximum absolute atomic E-state index is 6.39. The molecule has 6 heterocycles. The van der Waals surface area contributed by atoms with Gasteiger partial charge in [0.2, 0.25) is 5.88 Å². The third-order valence-corrected chi connectivity index (χ3v) is 6.55. The van der Waals surface area contributed by atoms with Crippen molar-refractivity contribution >= 4 is 11.3 Å². The highest BCUT2D eigenvalue weighted by Crippen LogP contribution is 2.45. The summed E-state index contributed by atoms with van der Waals surface area (Å²) in [6.07, 6.45) is 8.69. The smallest absolute Gasteiger partial charge is 0.217 e. The largest absolute Gasteiger partial charge is 0.468 e. The fourth-order valence-corrected chi connectivity index (χ4v) is 5.23. The van der Waals surface area contributed by atoms with Gasteiger partial charge in [-0.3, -0.25) is 0 Å². The van der Waals surface area contributed by atoms with Crippen LogP contribution in [0.5, 0.6) is 5.88 Å². The van der Waals surface area contributed by atoms with Gasteiger partial charge in [-0.1, -0.05) is 6.08 Å². The Kier molecular flexibility index (Phi) is 3.22. The quantitative estimate of drug-likeness (QED) is 0.933. The molecule has 6 rings (SSSR count). The zero-order chi connectivity index (χ0) is 16.1. The molecule has 1 saturated heterocycles. The monoisotopic (exact) mass is 339 g/mol. The van der Waals surface area contributed by atoms with E-state index in [1.807, 2.05) is 24.6 Å². The molecule has 0 saturated carbocycles. The van der Waals surface area contributed by atoms with Crippen LogP contribution < -0.4 is 10.1 Å².